The van der Waals surface area contributed by atoms with Crippen LogP contribution in [0.1, 0.15) is 54.7 Å². The highest BCUT2D eigenvalue weighted by Crippen LogP contribution is 2.29. The van der Waals surface area contributed by atoms with Gasteiger partial charge in [0.15, 0.2) is 0 Å². The minimum absolute atomic E-state index is 0.0594. The van der Waals surface area contributed by atoms with Crippen molar-refractivity contribution in [3.05, 3.63) is 41.5 Å². The van der Waals surface area contributed by atoms with Crippen LogP contribution in [0.2, 0.25) is 0 Å². The number of carbonyl (C=O) groups excluding carboxylic acids is 1. The van der Waals surface area contributed by atoms with Crippen LogP contribution in [0.4, 0.5) is 0 Å². The lowest BCUT2D eigenvalue weighted by atomic mass is 10.1. The molecule has 1 aliphatic heterocycles. The molecule has 8 nitrogen and oxygen atoms in total. The maximum atomic E-state index is 12.9. The van der Waals surface area contributed by atoms with Gasteiger partial charge in [-0.3, -0.25) is 4.79 Å². The van der Waals surface area contributed by atoms with E-state index in [1.54, 1.807) is 0 Å². The van der Waals surface area contributed by atoms with Gasteiger partial charge in [-0.2, -0.15) is 4.31 Å². The molecule has 0 spiro atoms. The minimum Gasteiger partial charge on any atom is -0.366 e. The Bertz CT molecular complexity index is 902. The largest absolute Gasteiger partial charge is 0.366 e. The van der Waals surface area contributed by atoms with Crippen molar-refractivity contribution in [1.82, 2.24) is 19.1 Å². The average Bonchev–Trinajstić information content (AvgIpc) is 2.99. The van der Waals surface area contributed by atoms with Crippen LogP contribution in [-0.4, -0.2) is 39.9 Å². The number of benzene rings is 1. The maximum absolute atomic E-state index is 12.9. The fourth-order valence-corrected chi connectivity index (χ4v) is 4.52. The van der Waals surface area contributed by atoms with Gasteiger partial charge < -0.3 is 10.3 Å². The summed E-state index contributed by atoms with van der Waals surface area (Å²) in [5, 5.41) is 8.38. The topological polar surface area (TPSA) is 111 Å². The molecular weight excluding hydrogens is 342 g/mol. The van der Waals surface area contributed by atoms with Crippen LogP contribution in [0.3, 0.4) is 0 Å². The number of hydrogen-bond acceptors (Lipinski definition) is 5. The molecule has 3 rings (SSSR count). The Kier molecular flexibility index (Phi) is 4.38. The fourth-order valence-electron chi connectivity index (χ4n) is 3.04. The van der Waals surface area contributed by atoms with Gasteiger partial charge in [0.25, 0.3) is 0 Å². The van der Waals surface area contributed by atoms with Crippen LogP contribution in [0, 0.1) is 0 Å². The Balaban J connectivity index is 1.92. The van der Waals surface area contributed by atoms with Crippen molar-refractivity contribution >= 4 is 15.9 Å². The van der Waals surface area contributed by atoms with Gasteiger partial charge in [0.1, 0.15) is 11.6 Å². The fraction of sp³-hybridized carbons (Fsp3) is 0.438. The van der Waals surface area contributed by atoms with Gasteiger partial charge in [0.2, 0.25) is 15.9 Å². The van der Waals surface area contributed by atoms with E-state index in [9.17, 15) is 13.2 Å². The Morgan fingerprint density at radius 3 is 2.44 bits per heavy atom. The second-order valence-electron chi connectivity index (χ2n) is 6.53. The van der Waals surface area contributed by atoms with Gasteiger partial charge in [0, 0.05) is 24.1 Å². The quantitative estimate of drug-likeness (QED) is 0.879. The van der Waals surface area contributed by atoms with Gasteiger partial charge in [-0.1, -0.05) is 13.8 Å². The highest BCUT2D eigenvalue weighted by atomic mass is 32.2. The van der Waals surface area contributed by atoms with E-state index >= 15 is 0 Å². The first kappa shape index (κ1) is 17.6. The summed E-state index contributed by atoms with van der Waals surface area (Å²) in [5.74, 6) is 1.13. The van der Waals surface area contributed by atoms with Crippen LogP contribution in [0.25, 0.3) is 0 Å². The first-order chi connectivity index (χ1) is 11.7. The zero-order chi connectivity index (χ0) is 18.4. The van der Waals surface area contributed by atoms with Crippen molar-refractivity contribution in [1.29, 1.82) is 0 Å². The van der Waals surface area contributed by atoms with Crippen molar-refractivity contribution in [3.8, 4) is 0 Å². The van der Waals surface area contributed by atoms with E-state index in [4.69, 9.17) is 5.73 Å². The average molecular weight is 363 g/mol. The number of nitrogens with two attached hydrogens (primary N) is 1. The first-order valence-corrected chi connectivity index (χ1v) is 9.49. The molecule has 0 saturated carbocycles. The molecule has 0 unspecified atom stereocenters. The highest BCUT2D eigenvalue weighted by molar-refractivity contribution is 7.89. The van der Waals surface area contributed by atoms with Crippen molar-refractivity contribution in [2.24, 2.45) is 5.73 Å². The molecule has 9 heteroatoms. The van der Waals surface area contributed by atoms with E-state index in [0.29, 0.717) is 12.4 Å². The molecule has 2 N–H and O–H groups in total. The first-order valence-electron chi connectivity index (χ1n) is 8.05. The predicted octanol–water partition coefficient (Wildman–Crippen LogP) is 1.27. The molecule has 1 atom stereocenters. The second kappa shape index (κ2) is 6.23. The SMILES string of the molecule is CC(C)c1nnc2n1[C@@H](C)CN(S(=O)(=O)c1ccc(C(N)=O)cc1)C2. The summed E-state index contributed by atoms with van der Waals surface area (Å²) >= 11 is 0. The van der Waals surface area contributed by atoms with Crippen molar-refractivity contribution in [3.63, 3.8) is 0 Å². The van der Waals surface area contributed by atoms with E-state index < -0.39 is 15.9 Å². The summed E-state index contributed by atoms with van der Waals surface area (Å²) in [7, 11) is -3.69. The summed E-state index contributed by atoms with van der Waals surface area (Å²) in [5.41, 5.74) is 5.47. The van der Waals surface area contributed by atoms with Crippen LogP contribution < -0.4 is 5.73 Å². The number of fused-ring (bicyclic) bond motifs is 1. The Morgan fingerprint density at radius 2 is 1.88 bits per heavy atom. The standard InChI is InChI=1S/C16H21N5O3S/c1-10(2)16-19-18-14-9-20(8-11(3)21(14)16)25(23,24)13-6-4-12(5-7-13)15(17)22/h4-7,10-11H,8-9H2,1-3H3,(H2,17,22)/t11-/m0/s1. The van der Waals surface area contributed by atoms with Crippen molar-refractivity contribution < 1.29 is 13.2 Å². The Labute approximate surface area is 146 Å². The monoisotopic (exact) mass is 363 g/mol. The molecule has 1 aliphatic rings. The zero-order valence-corrected chi connectivity index (χ0v) is 15.2. The van der Waals surface area contributed by atoms with E-state index in [1.165, 1.54) is 28.6 Å². The highest BCUT2D eigenvalue weighted by Gasteiger charge is 2.34. The number of nitrogens with zero attached hydrogens (tertiary/aromatic N) is 4. The molecule has 1 aromatic carbocycles. The normalized spacial score (nSPS) is 18.3. The summed E-state index contributed by atoms with van der Waals surface area (Å²) in [6.07, 6.45) is 0. The maximum Gasteiger partial charge on any atom is 0.248 e. The number of carbonyl (C=O) groups is 1. The Hall–Kier alpha value is -2.26. The lowest BCUT2D eigenvalue weighted by Gasteiger charge is -2.32. The summed E-state index contributed by atoms with van der Waals surface area (Å²) < 4.78 is 29.2. The third kappa shape index (κ3) is 3.05. The smallest absolute Gasteiger partial charge is 0.248 e. The lowest BCUT2D eigenvalue weighted by Crippen LogP contribution is -2.40. The minimum atomic E-state index is -3.69. The van der Waals surface area contributed by atoms with E-state index in [1.807, 2.05) is 25.3 Å². The van der Waals surface area contributed by atoms with Crippen LogP contribution in [-0.2, 0) is 16.6 Å². The molecule has 0 aliphatic carbocycles. The molecule has 2 aromatic rings. The molecule has 0 bridgehead atoms. The third-order valence-corrected chi connectivity index (χ3v) is 6.14. The summed E-state index contributed by atoms with van der Waals surface area (Å²) in [6.45, 7) is 6.53. The molecule has 1 aromatic heterocycles. The predicted molar refractivity (Wildman–Crippen MR) is 91.4 cm³/mol. The summed E-state index contributed by atoms with van der Waals surface area (Å²) in [4.78, 5) is 11.3. The van der Waals surface area contributed by atoms with Gasteiger partial charge in [-0.15, -0.1) is 10.2 Å². The summed E-state index contributed by atoms with van der Waals surface area (Å²) in [6, 6.07) is 5.58. The number of sulfonamides is 1. The van der Waals surface area contributed by atoms with Crippen molar-refractivity contribution in [2.45, 2.75) is 44.2 Å². The molecule has 0 saturated heterocycles. The van der Waals surface area contributed by atoms with Crippen LogP contribution >= 0.6 is 0 Å². The number of amides is 1. The van der Waals surface area contributed by atoms with E-state index in [2.05, 4.69) is 10.2 Å². The van der Waals surface area contributed by atoms with Gasteiger partial charge in [0.05, 0.1) is 11.4 Å². The third-order valence-electron chi connectivity index (χ3n) is 4.31. The number of hydrogen-bond donors (Lipinski definition) is 1. The van der Waals surface area contributed by atoms with Crippen molar-refractivity contribution in [2.75, 3.05) is 6.54 Å². The molecule has 1 amide bonds. The molecule has 0 fully saturated rings. The van der Waals surface area contributed by atoms with Gasteiger partial charge >= 0.3 is 0 Å². The van der Waals surface area contributed by atoms with E-state index in [-0.39, 0.29) is 29.0 Å². The van der Waals surface area contributed by atoms with Crippen LogP contribution in [0.5, 0.6) is 0 Å². The zero-order valence-electron chi connectivity index (χ0n) is 14.4. The van der Waals surface area contributed by atoms with Gasteiger partial charge in [-0.05, 0) is 31.2 Å². The lowest BCUT2D eigenvalue weighted by molar-refractivity contribution is 0.1000. The molecule has 134 valence electrons. The van der Waals surface area contributed by atoms with E-state index in [0.717, 1.165) is 5.82 Å². The van der Waals surface area contributed by atoms with Crippen LogP contribution in [0.15, 0.2) is 29.2 Å². The number of aromatic nitrogens is 3. The molecule has 2 heterocycles. The number of rotatable bonds is 4. The second-order valence-corrected chi connectivity index (χ2v) is 8.47. The number of primary amides is 1. The van der Waals surface area contributed by atoms with Gasteiger partial charge in [-0.25, -0.2) is 8.42 Å². The molecule has 0 radical (unpaired) electrons. The molecular formula is C16H21N5O3S. The Morgan fingerprint density at radius 1 is 1.24 bits per heavy atom. The molecule has 25 heavy (non-hydrogen) atoms.